The van der Waals surface area contributed by atoms with Crippen molar-refractivity contribution in [1.29, 1.82) is 0 Å². The fourth-order valence-corrected chi connectivity index (χ4v) is 3.38. The zero-order chi connectivity index (χ0) is 13.0. The molecule has 0 bridgehead atoms. The molecule has 18 heavy (non-hydrogen) atoms. The molecule has 1 heterocycles. The SMILES string of the molecule is CCOC(=O)C1(Nc2ccc(C)cc2)CCSC1. The van der Waals surface area contributed by atoms with Crippen LogP contribution < -0.4 is 5.32 Å². The Kier molecular flexibility index (Phi) is 4.17. The summed E-state index contributed by atoms with van der Waals surface area (Å²) in [5, 5.41) is 3.37. The average Bonchev–Trinajstić information content (AvgIpc) is 2.82. The molecule has 0 saturated carbocycles. The summed E-state index contributed by atoms with van der Waals surface area (Å²) in [6.07, 6.45) is 0.824. The summed E-state index contributed by atoms with van der Waals surface area (Å²) in [6.45, 7) is 4.33. The van der Waals surface area contributed by atoms with Crippen LogP contribution in [0.3, 0.4) is 0 Å². The summed E-state index contributed by atoms with van der Waals surface area (Å²) in [5.74, 6) is 1.65. The molecule has 0 aliphatic carbocycles. The molecule has 3 nitrogen and oxygen atoms in total. The molecule has 2 rings (SSSR count). The first kappa shape index (κ1) is 13.3. The van der Waals surface area contributed by atoms with Gasteiger partial charge in [-0.2, -0.15) is 11.8 Å². The number of hydrogen-bond acceptors (Lipinski definition) is 4. The lowest BCUT2D eigenvalue weighted by Crippen LogP contribution is -2.47. The minimum atomic E-state index is -0.546. The standard InChI is InChI=1S/C14H19NO2S/c1-3-17-13(16)14(8-9-18-10-14)15-12-6-4-11(2)5-7-12/h4-7,15H,3,8-10H2,1-2H3. The van der Waals surface area contributed by atoms with E-state index in [9.17, 15) is 4.79 Å². The first-order valence-electron chi connectivity index (χ1n) is 6.26. The maximum Gasteiger partial charge on any atom is 0.332 e. The second kappa shape index (κ2) is 5.65. The number of ether oxygens (including phenoxy) is 1. The van der Waals surface area contributed by atoms with Gasteiger partial charge in [-0.25, -0.2) is 4.79 Å². The second-order valence-electron chi connectivity index (χ2n) is 4.60. The predicted molar refractivity (Wildman–Crippen MR) is 76.1 cm³/mol. The fraction of sp³-hybridized carbons (Fsp3) is 0.500. The van der Waals surface area contributed by atoms with Gasteiger partial charge in [0.15, 0.2) is 0 Å². The van der Waals surface area contributed by atoms with Crippen LogP contribution in [0.1, 0.15) is 18.9 Å². The topological polar surface area (TPSA) is 38.3 Å². The van der Waals surface area contributed by atoms with E-state index in [1.54, 1.807) is 11.8 Å². The molecular weight excluding hydrogens is 246 g/mol. The normalized spacial score (nSPS) is 22.8. The molecule has 1 atom stereocenters. The van der Waals surface area contributed by atoms with Gasteiger partial charge in [0.25, 0.3) is 0 Å². The highest BCUT2D eigenvalue weighted by Gasteiger charge is 2.43. The largest absolute Gasteiger partial charge is 0.464 e. The van der Waals surface area contributed by atoms with Crippen molar-refractivity contribution in [2.45, 2.75) is 25.8 Å². The Labute approximate surface area is 112 Å². The third-order valence-electron chi connectivity index (χ3n) is 3.12. The first-order valence-corrected chi connectivity index (χ1v) is 7.41. The van der Waals surface area contributed by atoms with E-state index in [1.165, 1.54) is 5.56 Å². The Morgan fingerprint density at radius 1 is 1.44 bits per heavy atom. The van der Waals surface area contributed by atoms with Crippen molar-refractivity contribution in [3.63, 3.8) is 0 Å². The molecule has 1 aromatic carbocycles. The molecule has 1 fully saturated rings. The Morgan fingerprint density at radius 3 is 2.72 bits per heavy atom. The molecule has 4 heteroatoms. The summed E-state index contributed by atoms with van der Waals surface area (Å²) in [4.78, 5) is 12.1. The zero-order valence-electron chi connectivity index (χ0n) is 10.9. The van der Waals surface area contributed by atoms with Gasteiger partial charge < -0.3 is 10.1 Å². The molecule has 1 aliphatic rings. The van der Waals surface area contributed by atoms with Gasteiger partial charge >= 0.3 is 5.97 Å². The minimum absolute atomic E-state index is 0.129. The number of hydrogen-bond donors (Lipinski definition) is 1. The number of esters is 1. The van der Waals surface area contributed by atoms with Crippen LogP contribution in [0.15, 0.2) is 24.3 Å². The fourth-order valence-electron chi connectivity index (χ4n) is 2.06. The van der Waals surface area contributed by atoms with Crippen molar-refractivity contribution < 1.29 is 9.53 Å². The van der Waals surface area contributed by atoms with Crippen LogP contribution in [-0.4, -0.2) is 29.6 Å². The monoisotopic (exact) mass is 265 g/mol. The third kappa shape index (κ3) is 2.80. The number of aryl methyl sites for hydroxylation is 1. The molecule has 1 saturated heterocycles. The lowest BCUT2D eigenvalue weighted by atomic mass is 9.98. The summed E-state index contributed by atoms with van der Waals surface area (Å²) >= 11 is 1.79. The minimum Gasteiger partial charge on any atom is -0.464 e. The number of carbonyl (C=O) groups is 1. The second-order valence-corrected chi connectivity index (χ2v) is 5.70. The number of carbonyl (C=O) groups excluding carboxylic acids is 1. The third-order valence-corrected chi connectivity index (χ3v) is 4.31. The smallest absolute Gasteiger partial charge is 0.332 e. The molecule has 98 valence electrons. The molecule has 0 radical (unpaired) electrons. The Hall–Kier alpha value is -1.16. The van der Waals surface area contributed by atoms with Crippen molar-refractivity contribution in [1.82, 2.24) is 0 Å². The van der Waals surface area contributed by atoms with E-state index in [4.69, 9.17) is 4.74 Å². The van der Waals surface area contributed by atoms with E-state index in [2.05, 4.69) is 12.2 Å². The van der Waals surface area contributed by atoms with Crippen molar-refractivity contribution in [3.8, 4) is 0 Å². The van der Waals surface area contributed by atoms with E-state index in [-0.39, 0.29) is 5.97 Å². The van der Waals surface area contributed by atoms with Gasteiger partial charge in [-0.05, 0) is 38.2 Å². The van der Waals surface area contributed by atoms with Gasteiger partial charge in [-0.15, -0.1) is 0 Å². The number of benzene rings is 1. The lowest BCUT2D eigenvalue weighted by Gasteiger charge is -2.28. The molecule has 0 spiro atoms. The Morgan fingerprint density at radius 2 is 2.17 bits per heavy atom. The van der Waals surface area contributed by atoms with E-state index in [1.807, 2.05) is 31.2 Å². The number of rotatable bonds is 4. The van der Waals surface area contributed by atoms with Crippen molar-refractivity contribution in [2.75, 3.05) is 23.4 Å². The van der Waals surface area contributed by atoms with Gasteiger partial charge in [0, 0.05) is 11.4 Å². The maximum atomic E-state index is 12.1. The van der Waals surface area contributed by atoms with Crippen LogP contribution in [0.5, 0.6) is 0 Å². The van der Waals surface area contributed by atoms with Crippen molar-refractivity contribution in [2.24, 2.45) is 0 Å². The average molecular weight is 265 g/mol. The van der Waals surface area contributed by atoms with Crippen molar-refractivity contribution >= 4 is 23.4 Å². The Balaban J connectivity index is 2.15. The number of nitrogens with one attached hydrogen (secondary N) is 1. The van der Waals surface area contributed by atoms with Crippen LogP contribution in [0.25, 0.3) is 0 Å². The molecule has 1 N–H and O–H groups in total. The maximum absolute atomic E-state index is 12.1. The highest BCUT2D eigenvalue weighted by atomic mass is 32.2. The van der Waals surface area contributed by atoms with Gasteiger partial charge in [0.05, 0.1) is 6.61 Å². The van der Waals surface area contributed by atoms with Crippen LogP contribution in [0.2, 0.25) is 0 Å². The summed E-state index contributed by atoms with van der Waals surface area (Å²) in [7, 11) is 0. The van der Waals surface area contributed by atoms with Crippen molar-refractivity contribution in [3.05, 3.63) is 29.8 Å². The number of anilines is 1. The summed E-state index contributed by atoms with van der Waals surface area (Å²) in [5.41, 5.74) is 1.65. The highest BCUT2D eigenvalue weighted by Crippen LogP contribution is 2.32. The predicted octanol–water partition coefficient (Wildman–Crippen LogP) is 2.85. The highest BCUT2D eigenvalue weighted by molar-refractivity contribution is 7.99. The van der Waals surface area contributed by atoms with Crippen LogP contribution >= 0.6 is 11.8 Å². The van der Waals surface area contributed by atoms with Gasteiger partial charge in [0.2, 0.25) is 0 Å². The first-order chi connectivity index (χ1) is 8.66. The molecule has 1 aliphatic heterocycles. The molecule has 1 aromatic rings. The molecule has 1 unspecified atom stereocenters. The van der Waals surface area contributed by atoms with E-state index in [0.717, 1.165) is 23.6 Å². The van der Waals surface area contributed by atoms with Crippen LogP contribution in [0.4, 0.5) is 5.69 Å². The number of thioether (sulfide) groups is 1. The zero-order valence-corrected chi connectivity index (χ0v) is 11.7. The summed E-state index contributed by atoms with van der Waals surface area (Å²) < 4.78 is 5.21. The van der Waals surface area contributed by atoms with Gasteiger partial charge in [-0.1, -0.05) is 17.7 Å². The van der Waals surface area contributed by atoms with Crippen LogP contribution in [-0.2, 0) is 9.53 Å². The molecular formula is C14H19NO2S. The van der Waals surface area contributed by atoms with E-state index in [0.29, 0.717) is 6.61 Å². The summed E-state index contributed by atoms with van der Waals surface area (Å²) in [6, 6.07) is 8.12. The van der Waals surface area contributed by atoms with E-state index >= 15 is 0 Å². The Bertz CT molecular complexity index is 410. The molecule has 0 aromatic heterocycles. The lowest BCUT2D eigenvalue weighted by molar-refractivity contribution is -0.147. The van der Waals surface area contributed by atoms with Gasteiger partial charge in [0.1, 0.15) is 5.54 Å². The van der Waals surface area contributed by atoms with Gasteiger partial charge in [-0.3, -0.25) is 0 Å². The quantitative estimate of drug-likeness (QED) is 0.850. The molecule has 0 amide bonds. The van der Waals surface area contributed by atoms with E-state index < -0.39 is 5.54 Å². The van der Waals surface area contributed by atoms with Crippen LogP contribution in [0, 0.1) is 6.92 Å².